The Hall–Kier alpha value is -2.07. The molecule has 0 N–H and O–H groups in total. The highest BCUT2D eigenvalue weighted by Crippen LogP contribution is 2.42. The minimum Gasteiger partial charge on any atom is -0.468 e. The molecule has 4 nitrogen and oxygen atoms in total. The van der Waals surface area contributed by atoms with E-state index in [9.17, 15) is 4.79 Å². The number of benzene rings is 1. The topological polar surface area (TPSA) is 36.7 Å². The van der Waals surface area contributed by atoms with Crippen LogP contribution in [0.2, 0.25) is 0 Å². The van der Waals surface area contributed by atoms with Gasteiger partial charge in [0.2, 0.25) is 5.91 Å². The summed E-state index contributed by atoms with van der Waals surface area (Å²) < 4.78 is 5.41. The van der Waals surface area contributed by atoms with Gasteiger partial charge in [0.25, 0.3) is 0 Å². The Morgan fingerprint density at radius 1 is 1.00 bits per heavy atom. The van der Waals surface area contributed by atoms with E-state index in [1.54, 1.807) is 6.26 Å². The molecule has 126 valence electrons. The smallest absolute Gasteiger partial charge is 0.225 e. The first kappa shape index (κ1) is 15.5. The lowest BCUT2D eigenvalue weighted by atomic mass is 9.71. The van der Waals surface area contributed by atoms with Crippen LogP contribution in [0.25, 0.3) is 0 Å². The number of carbonyl (C=O) groups is 1. The molecule has 2 aliphatic rings. The largest absolute Gasteiger partial charge is 0.468 e. The molecular weight excluding hydrogens is 300 g/mol. The molecule has 2 aromatic rings. The van der Waals surface area contributed by atoms with E-state index >= 15 is 0 Å². The van der Waals surface area contributed by atoms with Crippen LogP contribution in [0.4, 0.5) is 0 Å². The quantitative estimate of drug-likeness (QED) is 0.867. The van der Waals surface area contributed by atoms with Gasteiger partial charge in [-0.25, -0.2) is 0 Å². The lowest BCUT2D eigenvalue weighted by Gasteiger charge is -2.41. The molecule has 2 fully saturated rings. The third-order valence-corrected chi connectivity index (χ3v) is 5.40. The Morgan fingerprint density at radius 3 is 2.42 bits per heavy atom. The fourth-order valence-electron chi connectivity index (χ4n) is 3.82. The van der Waals surface area contributed by atoms with Crippen LogP contribution in [0.15, 0.2) is 53.1 Å². The summed E-state index contributed by atoms with van der Waals surface area (Å²) in [7, 11) is 0. The van der Waals surface area contributed by atoms with Gasteiger partial charge in [-0.2, -0.15) is 0 Å². The van der Waals surface area contributed by atoms with Crippen LogP contribution in [0, 0.1) is 5.92 Å². The second-order valence-corrected chi connectivity index (χ2v) is 6.96. The number of amides is 1. The molecule has 0 atom stereocenters. The fraction of sp³-hybridized carbons (Fsp3) is 0.450. The summed E-state index contributed by atoms with van der Waals surface area (Å²) >= 11 is 0. The molecule has 1 amide bonds. The first-order valence-corrected chi connectivity index (χ1v) is 8.88. The third kappa shape index (κ3) is 3.24. The second-order valence-electron chi connectivity index (χ2n) is 6.96. The van der Waals surface area contributed by atoms with E-state index in [1.807, 2.05) is 18.2 Å². The van der Waals surface area contributed by atoms with Crippen LogP contribution in [0.1, 0.15) is 30.1 Å². The van der Waals surface area contributed by atoms with Crippen molar-refractivity contribution in [1.29, 1.82) is 0 Å². The van der Waals surface area contributed by atoms with Crippen molar-refractivity contribution in [2.75, 3.05) is 26.2 Å². The average molecular weight is 324 g/mol. The van der Waals surface area contributed by atoms with Gasteiger partial charge in [0.15, 0.2) is 0 Å². The van der Waals surface area contributed by atoms with E-state index in [2.05, 4.69) is 34.1 Å². The average Bonchev–Trinajstić information content (AvgIpc) is 3.08. The van der Waals surface area contributed by atoms with Gasteiger partial charge in [-0.3, -0.25) is 9.69 Å². The first-order valence-electron chi connectivity index (χ1n) is 8.88. The molecular formula is C20H24N2O2. The van der Waals surface area contributed by atoms with Gasteiger partial charge >= 0.3 is 0 Å². The zero-order valence-corrected chi connectivity index (χ0v) is 13.9. The van der Waals surface area contributed by atoms with Crippen LogP contribution in [-0.2, 0) is 11.3 Å². The van der Waals surface area contributed by atoms with E-state index in [1.165, 1.54) is 5.56 Å². The van der Waals surface area contributed by atoms with Crippen LogP contribution in [0.5, 0.6) is 0 Å². The highest BCUT2D eigenvalue weighted by molar-refractivity contribution is 5.80. The maximum atomic E-state index is 12.7. The molecule has 24 heavy (non-hydrogen) atoms. The molecule has 4 heteroatoms. The number of furan rings is 1. The Kier molecular flexibility index (Phi) is 4.39. The van der Waals surface area contributed by atoms with Crippen molar-refractivity contribution < 1.29 is 9.21 Å². The van der Waals surface area contributed by atoms with E-state index in [0.717, 1.165) is 51.3 Å². The van der Waals surface area contributed by atoms with E-state index in [-0.39, 0.29) is 5.92 Å². The highest BCUT2D eigenvalue weighted by Gasteiger charge is 2.38. The minimum atomic E-state index is 0.229. The van der Waals surface area contributed by atoms with Crippen molar-refractivity contribution in [3.05, 3.63) is 60.1 Å². The number of rotatable bonds is 4. The molecule has 2 heterocycles. The van der Waals surface area contributed by atoms with Crippen molar-refractivity contribution in [3.8, 4) is 0 Å². The summed E-state index contributed by atoms with van der Waals surface area (Å²) in [5.74, 6) is 2.16. The Labute approximate surface area is 143 Å². The van der Waals surface area contributed by atoms with Crippen molar-refractivity contribution in [2.24, 2.45) is 5.92 Å². The van der Waals surface area contributed by atoms with Crippen molar-refractivity contribution in [1.82, 2.24) is 9.80 Å². The van der Waals surface area contributed by atoms with Gasteiger partial charge in [0.05, 0.1) is 12.8 Å². The summed E-state index contributed by atoms with van der Waals surface area (Å²) in [5.41, 5.74) is 1.38. The summed E-state index contributed by atoms with van der Waals surface area (Å²) in [5, 5.41) is 0. The van der Waals surface area contributed by atoms with Gasteiger partial charge in [-0.1, -0.05) is 30.3 Å². The zero-order chi connectivity index (χ0) is 16.4. The number of hydrogen-bond acceptors (Lipinski definition) is 3. The summed E-state index contributed by atoms with van der Waals surface area (Å²) in [4.78, 5) is 17.1. The molecule has 0 spiro atoms. The Balaban J connectivity index is 1.24. The summed E-state index contributed by atoms with van der Waals surface area (Å²) in [6.07, 6.45) is 3.74. The third-order valence-electron chi connectivity index (χ3n) is 5.40. The van der Waals surface area contributed by atoms with E-state index in [0.29, 0.717) is 11.8 Å². The number of hydrogen-bond donors (Lipinski definition) is 0. The summed E-state index contributed by atoms with van der Waals surface area (Å²) in [6.45, 7) is 4.38. The second kappa shape index (κ2) is 6.81. The molecule has 1 saturated heterocycles. The van der Waals surface area contributed by atoms with Crippen LogP contribution < -0.4 is 0 Å². The number of nitrogens with zero attached hydrogens (tertiary/aromatic N) is 2. The van der Waals surface area contributed by atoms with Crippen LogP contribution >= 0.6 is 0 Å². The summed E-state index contributed by atoms with van der Waals surface area (Å²) in [6, 6.07) is 14.5. The van der Waals surface area contributed by atoms with Gasteiger partial charge in [-0.05, 0) is 36.5 Å². The molecule has 1 saturated carbocycles. The molecule has 0 bridgehead atoms. The first-order chi connectivity index (χ1) is 11.8. The molecule has 0 radical (unpaired) electrons. The highest BCUT2D eigenvalue weighted by atomic mass is 16.3. The van der Waals surface area contributed by atoms with Crippen LogP contribution in [0.3, 0.4) is 0 Å². The molecule has 1 aliphatic carbocycles. The maximum Gasteiger partial charge on any atom is 0.225 e. The molecule has 1 aliphatic heterocycles. The maximum absolute atomic E-state index is 12.7. The molecule has 4 rings (SSSR count). The Morgan fingerprint density at radius 2 is 1.75 bits per heavy atom. The lowest BCUT2D eigenvalue weighted by Crippen LogP contribution is -2.51. The van der Waals surface area contributed by atoms with Gasteiger partial charge < -0.3 is 9.32 Å². The molecule has 0 unspecified atom stereocenters. The Bertz CT molecular complexity index is 654. The number of carbonyl (C=O) groups excluding carboxylic acids is 1. The normalized spacial score (nSPS) is 24.6. The zero-order valence-electron chi connectivity index (χ0n) is 13.9. The lowest BCUT2D eigenvalue weighted by molar-refractivity contribution is -0.140. The van der Waals surface area contributed by atoms with Crippen molar-refractivity contribution in [3.63, 3.8) is 0 Å². The predicted octanol–water partition coefficient (Wildman–Crippen LogP) is 3.12. The number of piperazine rings is 1. The SMILES string of the molecule is O=C(C1CC(c2ccccc2)C1)N1CCN(Cc2ccco2)CC1. The predicted molar refractivity (Wildman–Crippen MR) is 92.5 cm³/mol. The minimum absolute atomic E-state index is 0.229. The van der Waals surface area contributed by atoms with Gasteiger partial charge in [0, 0.05) is 32.1 Å². The molecule has 1 aromatic carbocycles. The van der Waals surface area contributed by atoms with Crippen molar-refractivity contribution >= 4 is 5.91 Å². The standard InChI is InChI=1S/C20H24N2O2/c23-20(18-13-17(14-18)16-5-2-1-3-6-16)22-10-8-21(9-11-22)15-19-7-4-12-24-19/h1-7,12,17-18H,8-11,13-15H2. The molecule has 1 aromatic heterocycles. The fourth-order valence-corrected chi connectivity index (χ4v) is 3.82. The van der Waals surface area contributed by atoms with E-state index in [4.69, 9.17) is 4.42 Å². The monoisotopic (exact) mass is 324 g/mol. The van der Waals surface area contributed by atoms with E-state index < -0.39 is 0 Å². The van der Waals surface area contributed by atoms with Crippen LogP contribution in [-0.4, -0.2) is 41.9 Å². The van der Waals surface area contributed by atoms with Gasteiger partial charge in [0.1, 0.15) is 5.76 Å². The van der Waals surface area contributed by atoms with Gasteiger partial charge in [-0.15, -0.1) is 0 Å². The van der Waals surface area contributed by atoms with Crippen molar-refractivity contribution in [2.45, 2.75) is 25.3 Å².